The van der Waals surface area contributed by atoms with Gasteiger partial charge >= 0.3 is 0 Å². The van der Waals surface area contributed by atoms with Gasteiger partial charge < -0.3 is 0 Å². The summed E-state index contributed by atoms with van der Waals surface area (Å²) in [7, 11) is 0. The first-order valence-electron chi connectivity index (χ1n) is 3.15. The molecule has 0 saturated carbocycles. The number of hydrogen-bond acceptors (Lipinski definition) is 2. The molecule has 5 heteroatoms. The molecule has 0 aromatic heterocycles. The highest BCUT2D eigenvalue weighted by molar-refractivity contribution is 9.10. The van der Waals surface area contributed by atoms with Crippen LogP contribution in [0.5, 0.6) is 0 Å². The highest BCUT2D eigenvalue weighted by Gasteiger charge is 2.14. The van der Waals surface area contributed by atoms with Crippen LogP contribution in [0.4, 0.5) is 0 Å². The van der Waals surface area contributed by atoms with Crippen molar-refractivity contribution in [3.8, 4) is 6.07 Å². The summed E-state index contributed by atoms with van der Waals surface area (Å²) in [5.41, 5.74) is 0.0500. The second-order valence-corrected chi connectivity index (χ2v) is 3.92. The first-order valence-corrected chi connectivity index (χ1v) is 4.70. The molecule has 0 spiro atoms. The van der Waals surface area contributed by atoms with Crippen molar-refractivity contribution in [2.45, 2.75) is 0 Å². The van der Waals surface area contributed by atoms with Crippen LogP contribution in [-0.2, 0) is 0 Å². The number of halogens is 3. The summed E-state index contributed by atoms with van der Waals surface area (Å²) in [6, 6.07) is 4.48. The second kappa shape index (κ2) is 4.10. The minimum atomic E-state index is -0.734. The van der Waals surface area contributed by atoms with E-state index in [-0.39, 0.29) is 15.6 Å². The fraction of sp³-hybridized carbons (Fsp3) is 0. The lowest BCUT2D eigenvalue weighted by molar-refractivity contribution is 0.105. The van der Waals surface area contributed by atoms with Crippen LogP contribution >= 0.6 is 39.1 Å². The van der Waals surface area contributed by atoms with E-state index in [1.54, 1.807) is 0 Å². The number of nitrogens with zero attached hydrogens (tertiary/aromatic N) is 1. The average molecular weight is 279 g/mol. The van der Waals surface area contributed by atoms with Crippen molar-refractivity contribution >= 4 is 44.9 Å². The Morgan fingerprint density at radius 1 is 1.38 bits per heavy atom. The lowest BCUT2D eigenvalue weighted by Gasteiger charge is -2.01. The van der Waals surface area contributed by atoms with Crippen molar-refractivity contribution in [1.29, 1.82) is 5.26 Å². The lowest BCUT2D eigenvalue weighted by Crippen LogP contribution is -1.97. The molecule has 0 aliphatic rings. The summed E-state index contributed by atoms with van der Waals surface area (Å²) >= 11 is 14.6. The van der Waals surface area contributed by atoms with Gasteiger partial charge in [0.1, 0.15) is 6.07 Å². The Balaban J connectivity index is 3.39. The fourth-order valence-corrected chi connectivity index (χ4v) is 2.20. The van der Waals surface area contributed by atoms with Crippen molar-refractivity contribution < 1.29 is 4.79 Å². The average Bonchev–Trinajstić information content (AvgIpc) is 2.02. The summed E-state index contributed by atoms with van der Waals surface area (Å²) < 4.78 is 0.664. The van der Waals surface area contributed by atoms with Crippen molar-refractivity contribution in [3.63, 3.8) is 0 Å². The maximum atomic E-state index is 11.0. The summed E-state index contributed by atoms with van der Waals surface area (Å²) in [5, 5.41) is 8.72. The van der Waals surface area contributed by atoms with Crippen molar-refractivity contribution in [1.82, 2.24) is 0 Å². The first kappa shape index (κ1) is 10.5. The molecule has 1 aromatic rings. The minimum Gasteiger partial charge on any atom is -0.277 e. The highest BCUT2D eigenvalue weighted by Crippen LogP contribution is 2.29. The van der Waals surface area contributed by atoms with E-state index < -0.39 is 5.78 Å². The van der Waals surface area contributed by atoms with Crippen molar-refractivity contribution in [3.05, 3.63) is 32.2 Å². The van der Waals surface area contributed by atoms with E-state index in [9.17, 15) is 4.79 Å². The van der Waals surface area contributed by atoms with E-state index in [1.165, 1.54) is 18.2 Å². The van der Waals surface area contributed by atoms with Gasteiger partial charge in [-0.2, -0.15) is 5.26 Å². The Bertz CT molecular complexity index is 388. The molecule has 1 aromatic carbocycles. The number of Topliss-reactive ketones (excluding diaryl/α,β-unsaturated/α-hetero) is 1. The van der Waals surface area contributed by atoms with Crippen molar-refractivity contribution in [2.24, 2.45) is 0 Å². The second-order valence-electron chi connectivity index (χ2n) is 2.19. The molecule has 0 atom stereocenters. The molecule has 0 aliphatic heterocycles. The van der Waals surface area contributed by atoms with Crippen LogP contribution in [0, 0.1) is 11.3 Å². The Morgan fingerprint density at radius 2 is 1.85 bits per heavy atom. The van der Waals surface area contributed by atoms with Crippen LogP contribution in [0.1, 0.15) is 10.4 Å². The molecule has 0 bridgehead atoms. The van der Waals surface area contributed by atoms with Gasteiger partial charge in [0, 0.05) is 4.47 Å². The van der Waals surface area contributed by atoms with E-state index in [2.05, 4.69) is 15.9 Å². The molecule has 0 saturated heterocycles. The number of ketones is 1. The van der Waals surface area contributed by atoms with Gasteiger partial charge in [-0.3, -0.25) is 4.79 Å². The zero-order valence-corrected chi connectivity index (χ0v) is 9.24. The van der Waals surface area contributed by atoms with E-state index in [0.29, 0.717) is 4.47 Å². The van der Waals surface area contributed by atoms with E-state index >= 15 is 0 Å². The van der Waals surface area contributed by atoms with Crippen LogP contribution in [-0.4, -0.2) is 5.78 Å². The number of hydrogen-bond donors (Lipinski definition) is 0. The van der Waals surface area contributed by atoms with Crippen molar-refractivity contribution in [2.75, 3.05) is 0 Å². The lowest BCUT2D eigenvalue weighted by atomic mass is 10.1. The number of carbonyl (C=O) groups is 1. The van der Waals surface area contributed by atoms with Crippen LogP contribution < -0.4 is 0 Å². The van der Waals surface area contributed by atoms with Gasteiger partial charge in [-0.25, -0.2) is 0 Å². The topological polar surface area (TPSA) is 40.9 Å². The molecular weight excluding hydrogens is 277 g/mol. The number of benzene rings is 1. The van der Waals surface area contributed by atoms with Gasteiger partial charge in [0.25, 0.3) is 5.78 Å². The van der Waals surface area contributed by atoms with Gasteiger partial charge in [0.15, 0.2) is 0 Å². The smallest absolute Gasteiger partial charge is 0.265 e. The minimum absolute atomic E-state index is 0.0500. The standard InChI is InChI=1S/C8H2BrCl2NO/c9-4-1-5(10)8(6(11)2-4)7(13)3-12/h1-2H. The Kier molecular flexibility index (Phi) is 3.32. The van der Waals surface area contributed by atoms with Crippen LogP contribution in [0.25, 0.3) is 0 Å². The van der Waals surface area contributed by atoms with Crippen LogP contribution in [0.3, 0.4) is 0 Å². The quantitative estimate of drug-likeness (QED) is 0.583. The molecule has 0 unspecified atom stereocenters. The molecule has 13 heavy (non-hydrogen) atoms. The maximum absolute atomic E-state index is 11.0. The van der Waals surface area contributed by atoms with Gasteiger partial charge in [-0.15, -0.1) is 0 Å². The predicted molar refractivity (Wildman–Crippen MR) is 54.1 cm³/mol. The zero-order chi connectivity index (χ0) is 10.0. The number of rotatable bonds is 1. The Morgan fingerprint density at radius 3 is 2.23 bits per heavy atom. The maximum Gasteiger partial charge on any atom is 0.265 e. The predicted octanol–water partition coefficient (Wildman–Crippen LogP) is 3.46. The molecule has 0 heterocycles. The number of carbonyl (C=O) groups excluding carboxylic acids is 1. The summed E-state index contributed by atoms with van der Waals surface area (Å²) in [4.78, 5) is 11.0. The van der Waals surface area contributed by atoms with Crippen LogP contribution in [0.15, 0.2) is 16.6 Å². The third-order valence-corrected chi connectivity index (χ3v) is 2.39. The first-order chi connectivity index (χ1) is 6.06. The van der Waals surface area contributed by atoms with Gasteiger partial charge in [0.05, 0.1) is 15.6 Å². The van der Waals surface area contributed by atoms with Gasteiger partial charge in [-0.1, -0.05) is 39.1 Å². The summed E-state index contributed by atoms with van der Waals surface area (Å²) in [6.07, 6.45) is 0. The summed E-state index contributed by atoms with van der Waals surface area (Å²) in [5.74, 6) is -0.734. The third-order valence-electron chi connectivity index (χ3n) is 1.34. The SMILES string of the molecule is N#CC(=O)c1c(Cl)cc(Br)cc1Cl. The largest absolute Gasteiger partial charge is 0.277 e. The molecule has 0 amide bonds. The zero-order valence-electron chi connectivity index (χ0n) is 6.14. The Labute approximate surface area is 93.2 Å². The molecule has 0 N–H and O–H groups in total. The molecule has 0 radical (unpaired) electrons. The fourth-order valence-electron chi connectivity index (χ4n) is 0.815. The monoisotopic (exact) mass is 277 g/mol. The van der Waals surface area contributed by atoms with E-state index in [4.69, 9.17) is 28.5 Å². The molecule has 0 fully saturated rings. The number of nitriles is 1. The van der Waals surface area contributed by atoms with Gasteiger partial charge in [-0.05, 0) is 12.1 Å². The highest BCUT2D eigenvalue weighted by atomic mass is 79.9. The third kappa shape index (κ3) is 2.22. The molecule has 66 valence electrons. The van der Waals surface area contributed by atoms with E-state index in [1.807, 2.05) is 0 Å². The van der Waals surface area contributed by atoms with Gasteiger partial charge in [0.2, 0.25) is 0 Å². The van der Waals surface area contributed by atoms with E-state index in [0.717, 1.165) is 0 Å². The Hall–Kier alpha value is -0.560. The van der Waals surface area contributed by atoms with Crippen LogP contribution in [0.2, 0.25) is 10.0 Å². The molecule has 1 rings (SSSR count). The molecule has 0 aliphatic carbocycles. The summed E-state index contributed by atoms with van der Waals surface area (Å²) in [6.45, 7) is 0. The normalized spacial score (nSPS) is 9.38. The molecular formula is C8H2BrCl2NO. The molecule has 2 nitrogen and oxygen atoms in total.